The van der Waals surface area contributed by atoms with Gasteiger partial charge in [-0.15, -0.1) is 21.5 Å². The van der Waals surface area contributed by atoms with Gasteiger partial charge in [0.05, 0.1) is 11.1 Å². The Morgan fingerprint density at radius 1 is 1.30 bits per heavy atom. The van der Waals surface area contributed by atoms with Gasteiger partial charge >= 0.3 is 0 Å². The summed E-state index contributed by atoms with van der Waals surface area (Å²) in [6, 6.07) is 0.575. The van der Waals surface area contributed by atoms with Gasteiger partial charge in [-0.25, -0.2) is 4.98 Å². The number of aromatic amines is 1. The normalized spacial score (nSPS) is 14.5. The number of aryl methyl sites for hydroxylation is 2. The van der Waals surface area contributed by atoms with Crippen LogP contribution in [0.5, 0.6) is 0 Å². The van der Waals surface area contributed by atoms with Gasteiger partial charge in [-0.1, -0.05) is 23.1 Å². The molecule has 0 bridgehead atoms. The number of nitrogens with zero attached hydrogens (tertiary/aromatic N) is 3. The van der Waals surface area contributed by atoms with Crippen LogP contribution in [0.3, 0.4) is 0 Å². The van der Waals surface area contributed by atoms with E-state index in [1.807, 2.05) is 13.8 Å². The monoisotopic (exact) mass is 365 g/mol. The van der Waals surface area contributed by atoms with E-state index in [-0.39, 0.29) is 5.56 Å². The van der Waals surface area contributed by atoms with Crippen molar-refractivity contribution in [2.75, 3.05) is 5.32 Å². The van der Waals surface area contributed by atoms with Crippen LogP contribution in [0.1, 0.15) is 29.1 Å². The fourth-order valence-corrected chi connectivity index (χ4v) is 4.97. The van der Waals surface area contributed by atoms with E-state index in [0.717, 1.165) is 24.7 Å². The lowest BCUT2D eigenvalue weighted by atomic mass is 10.2. The molecule has 3 heterocycles. The van der Waals surface area contributed by atoms with Crippen LogP contribution in [0.2, 0.25) is 0 Å². The Labute approximate surface area is 144 Å². The number of hydrogen-bond acceptors (Lipinski definition) is 8. The van der Waals surface area contributed by atoms with E-state index in [9.17, 15) is 4.79 Å². The van der Waals surface area contributed by atoms with Crippen molar-refractivity contribution in [3.8, 4) is 0 Å². The summed E-state index contributed by atoms with van der Waals surface area (Å²) in [6.07, 6.45) is 2.43. The van der Waals surface area contributed by atoms with E-state index >= 15 is 0 Å². The van der Waals surface area contributed by atoms with Gasteiger partial charge in [0.1, 0.15) is 10.7 Å². The van der Waals surface area contributed by atoms with E-state index in [0.29, 0.717) is 23.0 Å². The largest absolute Gasteiger partial charge is 0.357 e. The Hall–Kier alpha value is -1.45. The minimum atomic E-state index is -0.0548. The molecule has 0 aromatic carbocycles. The number of H-pyrrole nitrogens is 1. The summed E-state index contributed by atoms with van der Waals surface area (Å²) in [4.78, 5) is 21.7. The van der Waals surface area contributed by atoms with Crippen molar-refractivity contribution in [3.05, 3.63) is 26.6 Å². The van der Waals surface area contributed by atoms with Gasteiger partial charge in [0, 0.05) is 10.9 Å². The Balaban J connectivity index is 1.51. The quantitative estimate of drug-likeness (QED) is 0.675. The maximum Gasteiger partial charge on any atom is 0.259 e. The zero-order valence-electron chi connectivity index (χ0n) is 12.7. The van der Waals surface area contributed by atoms with Gasteiger partial charge in [0.25, 0.3) is 5.56 Å². The lowest BCUT2D eigenvalue weighted by Crippen LogP contribution is -2.10. The van der Waals surface area contributed by atoms with Crippen molar-refractivity contribution in [2.24, 2.45) is 0 Å². The van der Waals surface area contributed by atoms with Crippen molar-refractivity contribution in [1.29, 1.82) is 0 Å². The molecule has 23 heavy (non-hydrogen) atoms. The summed E-state index contributed by atoms with van der Waals surface area (Å²) in [5.41, 5.74) is 0.971. The first-order chi connectivity index (χ1) is 11.1. The first-order valence-electron chi connectivity index (χ1n) is 7.32. The molecule has 0 radical (unpaired) electrons. The average molecular weight is 366 g/mol. The van der Waals surface area contributed by atoms with E-state index < -0.39 is 0 Å². The van der Waals surface area contributed by atoms with Crippen LogP contribution in [0.4, 0.5) is 5.13 Å². The summed E-state index contributed by atoms with van der Waals surface area (Å²) in [5.74, 6) is 1.26. The number of rotatable bonds is 5. The maximum absolute atomic E-state index is 12.2. The molecule has 2 N–H and O–H groups in total. The van der Waals surface area contributed by atoms with Crippen LogP contribution >= 0.6 is 34.4 Å². The summed E-state index contributed by atoms with van der Waals surface area (Å²) < 4.78 is 0.884. The number of fused-ring (bicyclic) bond motifs is 1. The summed E-state index contributed by atoms with van der Waals surface area (Å²) in [5, 5.41) is 13.2. The minimum Gasteiger partial charge on any atom is -0.357 e. The molecule has 1 aliphatic rings. The highest BCUT2D eigenvalue weighted by molar-refractivity contribution is 8.00. The second kappa shape index (κ2) is 5.88. The zero-order chi connectivity index (χ0) is 16.0. The van der Waals surface area contributed by atoms with Crippen LogP contribution in [0.15, 0.2) is 9.13 Å². The van der Waals surface area contributed by atoms with Crippen molar-refractivity contribution in [1.82, 2.24) is 20.2 Å². The number of nitrogens with one attached hydrogen (secondary N) is 2. The molecule has 1 saturated carbocycles. The second-order valence-electron chi connectivity index (χ2n) is 5.56. The molecule has 3 aromatic heterocycles. The van der Waals surface area contributed by atoms with Crippen LogP contribution in [-0.2, 0) is 5.75 Å². The highest BCUT2D eigenvalue weighted by Gasteiger charge is 2.22. The third-order valence-corrected chi connectivity index (χ3v) is 6.83. The Kier molecular flexibility index (Phi) is 3.86. The Morgan fingerprint density at radius 2 is 2.13 bits per heavy atom. The topological polar surface area (TPSA) is 83.6 Å². The van der Waals surface area contributed by atoms with Crippen LogP contribution in [0.25, 0.3) is 10.2 Å². The first-order valence-corrected chi connectivity index (χ1v) is 9.94. The molecule has 120 valence electrons. The zero-order valence-corrected chi connectivity index (χ0v) is 15.1. The molecule has 3 aromatic rings. The molecular weight excluding hydrogens is 350 g/mol. The van der Waals surface area contributed by atoms with E-state index in [1.54, 1.807) is 34.4 Å². The third kappa shape index (κ3) is 3.13. The molecule has 6 nitrogen and oxygen atoms in total. The van der Waals surface area contributed by atoms with Gasteiger partial charge in [0.15, 0.2) is 4.34 Å². The molecule has 0 atom stereocenters. The SMILES string of the molecule is Cc1sc2nc(CSc3nnc(NC4CC4)s3)[nH]c(=O)c2c1C. The standard InChI is InChI=1S/C14H15N5OS3/c1-6-7(2)22-12-10(6)11(20)16-9(17-12)5-21-14-19-18-13(23-14)15-8-3-4-8/h8H,3-5H2,1-2H3,(H,15,18)(H,16,17,20). The van der Waals surface area contributed by atoms with Gasteiger partial charge in [0.2, 0.25) is 5.13 Å². The first kappa shape index (κ1) is 15.1. The van der Waals surface area contributed by atoms with Gasteiger partial charge in [-0.2, -0.15) is 0 Å². The Morgan fingerprint density at radius 3 is 2.91 bits per heavy atom. The second-order valence-corrected chi connectivity index (χ2v) is 8.96. The average Bonchev–Trinajstić information content (AvgIpc) is 3.12. The fraction of sp³-hybridized carbons (Fsp3) is 0.429. The predicted octanol–water partition coefficient (Wildman–Crippen LogP) is 3.32. The van der Waals surface area contributed by atoms with Gasteiger partial charge in [-0.3, -0.25) is 4.79 Å². The van der Waals surface area contributed by atoms with Crippen LogP contribution in [-0.4, -0.2) is 26.2 Å². The number of aromatic nitrogens is 4. The fourth-order valence-electron chi connectivity index (χ4n) is 2.23. The Bertz CT molecular complexity index is 924. The number of hydrogen-bond donors (Lipinski definition) is 2. The predicted molar refractivity (Wildman–Crippen MR) is 95.8 cm³/mol. The molecule has 0 saturated heterocycles. The van der Waals surface area contributed by atoms with Gasteiger partial charge < -0.3 is 10.3 Å². The molecule has 4 rings (SSSR count). The highest BCUT2D eigenvalue weighted by Crippen LogP contribution is 2.31. The number of thioether (sulfide) groups is 1. The molecule has 0 amide bonds. The lowest BCUT2D eigenvalue weighted by molar-refractivity contribution is 0.989. The van der Waals surface area contributed by atoms with E-state index in [4.69, 9.17) is 0 Å². The smallest absolute Gasteiger partial charge is 0.259 e. The molecule has 0 spiro atoms. The minimum absolute atomic E-state index is 0.0548. The van der Waals surface area contributed by atoms with Crippen molar-refractivity contribution in [3.63, 3.8) is 0 Å². The van der Waals surface area contributed by atoms with Gasteiger partial charge in [-0.05, 0) is 32.3 Å². The van der Waals surface area contributed by atoms with Crippen molar-refractivity contribution < 1.29 is 0 Å². The van der Waals surface area contributed by atoms with E-state index in [2.05, 4.69) is 25.5 Å². The highest BCUT2D eigenvalue weighted by atomic mass is 32.2. The number of anilines is 1. The summed E-state index contributed by atoms with van der Waals surface area (Å²) in [7, 11) is 0. The molecule has 0 unspecified atom stereocenters. The van der Waals surface area contributed by atoms with Crippen molar-refractivity contribution >= 4 is 49.8 Å². The lowest BCUT2D eigenvalue weighted by Gasteiger charge is -1.99. The molecule has 9 heteroatoms. The molecule has 1 fully saturated rings. The molecule has 0 aliphatic heterocycles. The maximum atomic E-state index is 12.2. The van der Waals surface area contributed by atoms with Crippen LogP contribution in [0, 0.1) is 13.8 Å². The molecule has 1 aliphatic carbocycles. The molecular formula is C14H15N5OS3. The van der Waals surface area contributed by atoms with E-state index in [1.165, 1.54) is 12.8 Å². The van der Waals surface area contributed by atoms with Crippen LogP contribution < -0.4 is 10.9 Å². The van der Waals surface area contributed by atoms with Crippen molar-refractivity contribution in [2.45, 2.75) is 42.8 Å². The number of thiophene rings is 1. The third-order valence-electron chi connectivity index (χ3n) is 3.73. The summed E-state index contributed by atoms with van der Waals surface area (Å²) >= 11 is 4.67. The summed E-state index contributed by atoms with van der Waals surface area (Å²) in [6.45, 7) is 3.99.